The number of hydrogen-bond acceptors (Lipinski definition) is 2. The molecule has 124 valence electrons. The molecule has 4 rings (SSSR count). The van der Waals surface area contributed by atoms with Crippen LogP contribution in [-0.2, 0) is 20.0 Å². The minimum Gasteiger partial charge on any atom is -0.320 e. The van der Waals surface area contributed by atoms with Gasteiger partial charge in [-0.25, -0.2) is 0 Å². The maximum absolute atomic E-state index is 4.30. The quantitative estimate of drug-likeness (QED) is 0.720. The first-order valence-electron chi connectivity index (χ1n) is 8.51. The Kier molecular flexibility index (Phi) is 3.57. The molecule has 24 heavy (non-hydrogen) atoms. The van der Waals surface area contributed by atoms with Gasteiger partial charge < -0.3 is 9.47 Å². The first-order valence-corrected chi connectivity index (χ1v) is 8.51. The molecule has 0 saturated carbocycles. The fraction of sp³-hybridized carbons (Fsp3) is 0.350. The number of aryl methyl sites for hydroxylation is 2. The van der Waals surface area contributed by atoms with Gasteiger partial charge in [0.2, 0.25) is 0 Å². The molecule has 0 aliphatic carbocycles. The molecule has 4 nitrogen and oxygen atoms in total. The number of aromatic nitrogens is 3. The summed E-state index contributed by atoms with van der Waals surface area (Å²) in [5, 5.41) is 5.69. The fourth-order valence-corrected chi connectivity index (χ4v) is 3.68. The molecule has 0 fully saturated rings. The highest BCUT2D eigenvalue weighted by molar-refractivity contribution is 5.90. The number of benzene rings is 1. The summed E-state index contributed by atoms with van der Waals surface area (Å²) in [4.78, 5) is 2.41. The summed E-state index contributed by atoms with van der Waals surface area (Å²) in [6, 6.07) is 6.80. The second-order valence-corrected chi connectivity index (χ2v) is 7.02. The Morgan fingerprint density at radius 2 is 2.08 bits per heavy atom. The molecule has 0 bridgehead atoms. The minimum atomic E-state index is 1.03. The van der Waals surface area contributed by atoms with E-state index in [1.807, 2.05) is 17.9 Å². The average Bonchev–Trinajstić information content (AvgIpc) is 3.10. The van der Waals surface area contributed by atoms with Gasteiger partial charge in [-0.1, -0.05) is 11.6 Å². The Balaban J connectivity index is 1.92. The van der Waals surface area contributed by atoms with Crippen molar-refractivity contribution in [1.82, 2.24) is 19.2 Å². The maximum atomic E-state index is 4.30. The molecular formula is C20H24N4. The van der Waals surface area contributed by atoms with Gasteiger partial charge in [-0.3, -0.25) is 4.68 Å². The van der Waals surface area contributed by atoms with Gasteiger partial charge in [0.05, 0.1) is 11.7 Å². The minimum absolute atomic E-state index is 1.03. The Labute approximate surface area is 143 Å². The number of rotatable bonds is 2. The number of hydrogen-bond donors (Lipinski definition) is 0. The van der Waals surface area contributed by atoms with E-state index in [1.165, 1.54) is 38.9 Å². The number of likely N-dealkylation sites (N-methyl/N-ethyl adjacent to an activating group) is 1. The second kappa shape index (κ2) is 5.64. The topological polar surface area (TPSA) is 26.0 Å². The molecule has 1 aliphatic heterocycles. The van der Waals surface area contributed by atoms with E-state index in [0.717, 1.165) is 19.5 Å². The summed E-state index contributed by atoms with van der Waals surface area (Å²) in [5.74, 6) is 0. The molecule has 2 aromatic heterocycles. The van der Waals surface area contributed by atoms with Crippen LogP contribution in [0, 0.1) is 6.92 Å². The van der Waals surface area contributed by atoms with E-state index in [4.69, 9.17) is 0 Å². The van der Waals surface area contributed by atoms with Crippen LogP contribution in [0.3, 0.4) is 0 Å². The lowest BCUT2D eigenvalue weighted by molar-refractivity contribution is 0.312. The zero-order valence-electron chi connectivity index (χ0n) is 14.9. The van der Waals surface area contributed by atoms with E-state index < -0.39 is 0 Å². The third-order valence-electron chi connectivity index (χ3n) is 5.02. The van der Waals surface area contributed by atoms with Crippen molar-refractivity contribution < 1.29 is 0 Å². The molecule has 0 saturated heterocycles. The van der Waals surface area contributed by atoms with Gasteiger partial charge in [0, 0.05) is 55.6 Å². The summed E-state index contributed by atoms with van der Waals surface area (Å²) >= 11 is 0. The van der Waals surface area contributed by atoms with Crippen molar-refractivity contribution in [2.24, 2.45) is 7.05 Å². The Hall–Kier alpha value is -2.33. The predicted octanol–water partition coefficient (Wildman–Crippen LogP) is 3.69. The lowest BCUT2D eigenvalue weighted by Crippen LogP contribution is -2.26. The Morgan fingerprint density at radius 1 is 1.25 bits per heavy atom. The highest BCUT2D eigenvalue weighted by Crippen LogP contribution is 2.32. The summed E-state index contributed by atoms with van der Waals surface area (Å²) in [6.07, 6.45) is 7.37. The first-order chi connectivity index (χ1) is 11.5. The van der Waals surface area contributed by atoms with Crippen molar-refractivity contribution in [3.8, 4) is 0 Å². The zero-order chi connectivity index (χ0) is 16.8. The fourth-order valence-electron chi connectivity index (χ4n) is 3.68. The van der Waals surface area contributed by atoms with Crippen LogP contribution in [0.4, 0.5) is 0 Å². The van der Waals surface area contributed by atoms with Crippen LogP contribution in [-0.4, -0.2) is 32.8 Å². The highest BCUT2D eigenvalue weighted by Gasteiger charge is 2.21. The second-order valence-electron chi connectivity index (χ2n) is 7.02. The molecule has 0 amide bonds. The number of allylic oxidation sites excluding steroid dienone is 1. The first kappa shape index (κ1) is 15.2. The number of fused-ring (bicyclic) bond motifs is 3. The van der Waals surface area contributed by atoms with Crippen LogP contribution in [0.1, 0.15) is 29.3 Å². The standard InChI is InChI=1S/C20H24N4/c1-14-5-6-19-17(9-14)18-13-22(3)8-7-20(18)24(19)11-15(2)16-10-21-23(4)12-16/h5-6,9-12H,7-8,13H2,1-4H3. The number of nitrogens with zero attached hydrogens (tertiary/aromatic N) is 4. The van der Waals surface area contributed by atoms with Crippen molar-refractivity contribution in [2.45, 2.75) is 26.8 Å². The van der Waals surface area contributed by atoms with Crippen LogP contribution in [0.25, 0.3) is 22.7 Å². The van der Waals surface area contributed by atoms with Crippen molar-refractivity contribution in [3.05, 3.63) is 53.0 Å². The summed E-state index contributed by atoms with van der Waals surface area (Å²) in [5.41, 5.74) is 7.98. The smallest absolute Gasteiger partial charge is 0.0565 e. The van der Waals surface area contributed by atoms with Gasteiger partial charge in [-0.2, -0.15) is 5.10 Å². The Bertz CT molecular complexity index is 942. The lowest BCUT2D eigenvalue weighted by atomic mass is 10.0. The SMILES string of the molecule is CC(=Cn1c2c(c3cc(C)ccc31)CN(C)CC2)c1cnn(C)c1. The summed E-state index contributed by atoms with van der Waals surface area (Å²) in [7, 11) is 4.17. The summed E-state index contributed by atoms with van der Waals surface area (Å²) in [6.45, 7) is 6.48. The van der Waals surface area contributed by atoms with E-state index in [1.54, 1.807) is 0 Å². The van der Waals surface area contributed by atoms with Crippen LogP contribution in [0.5, 0.6) is 0 Å². The third-order valence-corrected chi connectivity index (χ3v) is 5.02. The highest BCUT2D eigenvalue weighted by atomic mass is 15.2. The van der Waals surface area contributed by atoms with Crippen molar-refractivity contribution >= 4 is 22.7 Å². The molecule has 0 atom stereocenters. The van der Waals surface area contributed by atoms with Gasteiger partial charge >= 0.3 is 0 Å². The summed E-state index contributed by atoms with van der Waals surface area (Å²) < 4.78 is 4.26. The molecule has 0 spiro atoms. The van der Waals surface area contributed by atoms with Crippen LogP contribution in [0.15, 0.2) is 30.6 Å². The van der Waals surface area contributed by atoms with Crippen LogP contribution in [0.2, 0.25) is 0 Å². The van der Waals surface area contributed by atoms with Crippen LogP contribution >= 0.6 is 0 Å². The molecule has 3 heterocycles. The van der Waals surface area contributed by atoms with Gasteiger partial charge in [0.25, 0.3) is 0 Å². The van der Waals surface area contributed by atoms with Crippen molar-refractivity contribution in [3.63, 3.8) is 0 Å². The molecule has 0 N–H and O–H groups in total. The van der Waals surface area contributed by atoms with Gasteiger partial charge in [0.1, 0.15) is 0 Å². The zero-order valence-corrected chi connectivity index (χ0v) is 14.9. The largest absolute Gasteiger partial charge is 0.320 e. The van der Waals surface area contributed by atoms with Gasteiger partial charge in [-0.15, -0.1) is 0 Å². The van der Waals surface area contributed by atoms with E-state index in [9.17, 15) is 0 Å². The van der Waals surface area contributed by atoms with E-state index >= 15 is 0 Å². The van der Waals surface area contributed by atoms with Crippen molar-refractivity contribution in [2.75, 3.05) is 13.6 Å². The van der Waals surface area contributed by atoms with Gasteiger partial charge in [0.15, 0.2) is 0 Å². The van der Waals surface area contributed by atoms with Crippen molar-refractivity contribution in [1.29, 1.82) is 0 Å². The molecule has 1 aliphatic rings. The van der Waals surface area contributed by atoms with E-state index in [2.05, 4.69) is 66.1 Å². The van der Waals surface area contributed by atoms with Crippen LogP contribution < -0.4 is 0 Å². The Morgan fingerprint density at radius 3 is 2.83 bits per heavy atom. The molecule has 0 radical (unpaired) electrons. The lowest BCUT2D eigenvalue weighted by Gasteiger charge is -2.23. The van der Waals surface area contributed by atoms with E-state index in [0.29, 0.717) is 0 Å². The third kappa shape index (κ3) is 2.47. The van der Waals surface area contributed by atoms with Gasteiger partial charge in [-0.05, 0) is 44.2 Å². The molecule has 0 unspecified atom stereocenters. The average molecular weight is 320 g/mol. The molecule has 3 aromatic rings. The molecule has 4 heteroatoms. The normalized spacial score (nSPS) is 15.9. The maximum Gasteiger partial charge on any atom is 0.0565 e. The monoisotopic (exact) mass is 320 g/mol. The molecular weight excluding hydrogens is 296 g/mol. The predicted molar refractivity (Wildman–Crippen MR) is 99.8 cm³/mol. The van der Waals surface area contributed by atoms with E-state index in [-0.39, 0.29) is 0 Å². The molecule has 1 aromatic carbocycles.